The molecule has 1 atom stereocenters. The minimum atomic E-state index is -1.08. The van der Waals surface area contributed by atoms with E-state index >= 15 is 0 Å². The Balaban J connectivity index is 2.02. The second kappa shape index (κ2) is 7.52. The summed E-state index contributed by atoms with van der Waals surface area (Å²) in [5.41, 5.74) is 0.701. The summed E-state index contributed by atoms with van der Waals surface area (Å²) in [7, 11) is 0. The minimum absolute atomic E-state index is 0.0478. The molecular weight excluding hydrogens is 273 g/mol. The molecule has 0 saturated carbocycles. The van der Waals surface area contributed by atoms with E-state index in [9.17, 15) is 14.3 Å². The largest absolute Gasteiger partial charge is 0.478 e. The third kappa shape index (κ3) is 4.51. The number of halogens is 1. The zero-order chi connectivity index (χ0) is 15.2. The standard InChI is InChI=1S/C16H22FNO3/c1-2-8-21-14-4-3-7-18(11-14)10-12-5-6-13(17)9-15(12)16(19)20/h5-6,9,14H,2-4,7-8,10-11H2,1H3,(H,19,20). The fraction of sp³-hybridized carbons (Fsp3) is 0.562. The number of likely N-dealkylation sites (tertiary alicyclic amines) is 1. The highest BCUT2D eigenvalue weighted by Crippen LogP contribution is 2.19. The first-order chi connectivity index (χ1) is 10.1. The Morgan fingerprint density at radius 3 is 3.05 bits per heavy atom. The summed E-state index contributed by atoms with van der Waals surface area (Å²) in [5, 5.41) is 9.18. The van der Waals surface area contributed by atoms with E-state index < -0.39 is 11.8 Å². The molecule has 116 valence electrons. The second-order valence-corrected chi connectivity index (χ2v) is 5.48. The average molecular weight is 295 g/mol. The van der Waals surface area contributed by atoms with E-state index in [1.54, 1.807) is 6.07 Å². The van der Waals surface area contributed by atoms with E-state index in [1.807, 2.05) is 0 Å². The fourth-order valence-corrected chi connectivity index (χ4v) is 2.70. The summed E-state index contributed by atoms with van der Waals surface area (Å²) in [6.45, 7) is 5.08. The summed E-state index contributed by atoms with van der Waals surface area (Å²) in [6, 6.07) is 3.97. The van der Waals surface area contributed by atoms with Crippen LogP contribution < -0.4 is 0 Å². The second-order valence-electron chi connectivity index (χ2n) is 5.48. The number of piperidine rings is 1. The van der Waals surface area contributed by atoms with Crippen molar-refractivity contribution < 1.29 is 19.0 Å². The molecule has 0 amide bonds. The highest BCUT2D eigenvalue weighted by Gasteiger charge is 2.22. The minimum Gasteiger partial charge on any atom is -0.478 e. The first-order valence-electron chi connectivity index (χ1n) is 7.45. The van der Waals surface area contributed by atoms with Crippen molar-refractivity contribution in [3.8, 4) is 0 Å². The van der Waals surface area contributed by atoms with Crippen molar-refractivity contribution in [3.63, 3.8) is 0 Å². The van der Waals surface area contributed by atoms with Gasteiger partial charge in [0, 0.05) is 19.7 Å². The first-order valence-corrected chi connectivity index (χ1v) is 7.45. The number of carboxylic acid groups (broad SMARTS) is 1. The number of ether oxygens (including phenoxy) is 1. The van der Waals surface area contributed by atoms with Crippen LogP contribution in [-0.2, 0) is 11.3 Å². The van der Waals surface area contributed by atoms with Gasteiger partial charge in [0.1, 0.15) is 5.82 Å². The summed E-state index contributed by atoms with van der Waals surface area (Å²) >= 11 is 0. The molecule has 0 radical (unpaired) electrons. The third-order valence-corrected chi connectivity index (χ3v) is 3.72. The zero-order valence-corrected chi connectivity index (χ0v) is 12.3. The summed E-state index contributed by atoms with van der Waals surface area (Å²) in [6.07, 6.45) is 3.30. The van der Waals surface area contributed by atoms with Crippen LogP contribution in [0.25, 0.3) is 0 Å². The van der Waals surface area contributed by atoms with E-state index in [-0.39, 0.29) is 11.7 Å². The number of aromatic carboxylic acids is 1. The van der Waals surface area contributed by atoms with Gasteiger partial charge in [-0.2, -0.15) is 0 Å². The monoisotopic (exact) mass is 295 g/mol. The van der Waals surface area contributed by atoms with Gasteiger partial charge in [-0.3, -0.25) is 4.90 Å². The summed E-state index contributed by atoms with van der Waals surface area (Å²) < 4.78 is 19.0. The maximum atomic E-state index is 13.2. The van der Waals surface area contributed by atoms with Crippen LogP contribution >= 0.6 is 0 Å². The van der Waals surface area contributed by atoms with E-state index in [4.69, 9.17) is 4.74 Å². The van der Waals surface area contributed by atoms with Crippen molar-refractivity contribution in [2.75, 3.05) is 19.7 Å². The van der Waals surface area contributed by atoms with Crippen LogP contribution in [0.1, 0.15) is 42.1 Å². The zero-order valence-electron chi connectivity index (χ0n) is 12.3. The number of benzene rings is 1. The highest BCUT2D eigenvalue weighted by molar-refractivity contribution is 5.89. The van der Waals surface area contributed by atoms with Gasteiger partial charge in [-0.1, -0.05) is 13.0 Å². The average Bonchev–Trinajstić information content (AvgIpc) is 2.47. The van der Waals surface area contributed by atoms with Gasteiger partial charge in [-0.25, -0.2) is 9.18 Å². The van der Waals surface area contributed by atoms with E-state index in [0.717, 1.165) is 45.0 Å². The Hall–Kier alpha value is -1.46. The molecule has 1 heterocycles. The van der Waals surface area contributed by atoms with Crippen molar-refractivity contribution >= 4 is 5.97 Å². The smallest absolute Gasteiger partial charge is 0.336 e. The van der Waals surface area contributed by atoms with Crippen LogP contribution in [-0.4, -0.2) is 41.8 Å². The highest BCUT2D eigenvalue weighted by atomic mass is 19.1. The number of nitrogens with zero attached hydrogens (tertiary/aromatic N) is 1. The third-order valence-electron chi connectivity index (χ3n) is 3.72. The van der Waals surface area contributed by atoms with Gasteiger partial charge < -0.3 is 9.84 Å². The molecule has 0 spiro atoms. The molecule has 1 aromatic rings. The Kier molecular flexibility index (Phi) is 5.70. The van der Waals surface area contributed by atoms with Crippen LogP contribution in [0.2, 0.25) is 0 Å². The van der Waals surface area contributed by atoms with Gasteiger partial charge in [0.05, 0.1) is 11.7 Å². The van der Waals surface area contributed by atoms with Crippen molar-refractivity contribution in [1.82, 2.24) is 4.90 Å². The van der Waals surface area contributed by atoms with Crippen LogP contribution in [0.4, 0.5) is 4.39 Å². The molecule has 0 aromatic heterocycles. The van der Waals surface area contributed by atoms with Crippen molar-refractivity contribution in [3.05, 3.63) is 35.1 Å². The van der Waals surface area contributed by atoms with Crippen LogP contribution in [0, 0.1) is 5.82 Å². The Bertz CT molecular complexity index is 492. The molecular formula is C16H22FNO3. The van der Waals surface area contributed by atoms with Crippen LogP contribution in [0.3, 0.4) is 0 Å². The van der Waals surface area contributed by atoms with E-state index in [2.05, 4.69) is 11.8 Å². The van der Waals surface area contributed by atoms with Gasteiger partial charge in [0.25, 0.3) is 0 Å². The van der Waals surface area contributed by atoms with Gasteiger partial charge in [0.15, 0.2) is 0 Å². The van der Waals surface area contributed by atoms with E-state index in [0.29, 0.717) is 12.1 Å². The van der Waals surface area contributed by atoms with Gasteiger partial charge >= 0.3 is 5.97 Å². The van der Waals surface area contributed by atoms with Crippen molar-refractivity contribution in [1.29, 1.82) is 0 Å². The number of rotatable bonds is 6. The summed E-state index contributed by atoms with van der Waals surface area (Å²) in [5.74, 6) is -1.60. The Morgan fingerprint density at radius 1 is 1.52 bits per heavy atom. The molecule has 21 heavy (non-hydrogen) atoms. The quantitative estimate of drug-likeness (QED) is 0.876. The number of hydrogen-bond acceptors (Lipinski definition) is 3. The maximum absolute atomic E-state index is 13.2. The lowest BCUT2D eigenvalue weighted by molar-refractivity contribution is -0.00230. The topological polar surface area (TPSA) is 49.8 Å². The van der Waals surface area contributed by atoms with Gasteiger partial charge in [0.2, 0.25) is 0 Å². The fourth-order valence-electron chi connectivity index (χ4n) is 2.70. The predicted octanol–water partition coefficient (Wildman–Crippen LogP) is 2.91. The molecule has 0 aliphatic carbocycles. The van der Waals surface area contributed by atoms with Crippen molar-refractivity contribution in [2.24, 2.45) is 0 Å². The molecule has 0 bridgehead atoms. The predicted molar refractivity (Wildman–Crippen MR) is 77.9 cm³/mol. The lowest BCUT2D eigenvalue weighted by Crippen LogP contribution is -2.39. The van der Waals surface area contributed by atoms with Crippen LogP contribution in [0.15, 0.2) is 18.2 Å². The number of carboxylic acids is 1. The number of hydrogen-bond donors (Lipinski definition) is 1. The molecule has 1 fully saturated rings. The van der Waals surface area contributed by atoms with Crippen LogP contribution in [0.5, 0.6) is 0 Å². The SMILES string of the molecule is CCCOC1CCCN(Cc2ccc(F)cc2C(=O)O)C1. The Morgan fingerprint density at radius 2 is 2.33 bits per heavy atom. The Labute approximate surface area is 124 Å². The molecule has 2 rings (SSSR count). The van der Waals surface area contributed by atoms with Gasteiger partial charge in [-0.05, 0) is 43.5 Å². The maximum Gasteiger partial charge on any atom is 0.336 e. The van der Waals surface area contributed by atoms with Crippen molar-refractivity contribution in [2.45, 2.75) is 38.8 Å². The first kappa shape index (κ1) is 15.9. The molecule has 5 heteroatoms. The molecule has 1 unspecified atom stereocenters. The lowest BCUT2D eigenvalue weighted by Gasteiger charge is -2.32. The molecule has 1 aromatic carbocycles. The molecule has 1 saturated heterocycles. The van der Waals surface area contributed by atoms with E-state index in [1.165, 1.54) is 6.07 Å². The number of carbonyl (C=O) groups is 1. The molecule has 1 N–H and O–H groups in total. The molecule has 1 aliphatic heterocycles. The molecule has 1 aliphatic rings. The molecule has 4 nitrogen and oxygen atoms in total. The lowest BCUT2D eigenvalue weighted by atomic mass is 10.0. The summed E-state index contributed by atoms with van der Waals surface area (Å²) in [4.78, 5) is 13.4. The van der Waals surface area contributed by atoms with Gasteiger partial charge in [-0.15, -0.1) is 0 Å². The normalized spacial score (nSPS) is 19.6.